The number of benzene rings is 1. The predicted molar refractivity (Wildman–Crippen MR) is 73.5 cm³/mol. The molecule has 1 aliphatic rings. The topological polar surface area (TPSA) is 74.2 Å². The van der Waals surface area contributed by atoms with Gasteiger partial charge in [0.25, 0.3) is 0 Å². The van der Waals surface area contributed by atoms with E-state index in [2.05, 4.69) is 26.1 Å². The lowest BCUT2D eigenvalue weighted by Crippen LogP contribution is -2.42. The lowest BCUT2D eigenvalue weighted by molar-refractivity contribution is 0.169. The number of aromatic nitrogens is 2. The van der Waals surface area contributed by atoms with Gasteiger partial charge in [-0.3, -0.25) is 0 Å². The Morgan fingerprint density at radius 2 is 2.25 bits per heavy atom. The molecule has 0 aliphatic carbocycles. The van der Waals surface area contributed by atoms with Crippen molar-refractivity contribution in [2.24, 2.45) is 5.73 Å². The molecule has 1 aromatic carbocycles. The Labute approximate surface area is 123 Å². The second-order valence-corrected chi connectivity index (χ2v) is 6.04. The van der Waals surface area contributed by atoms with Gasteiger partial charge in [-0.1, -0.05) is 21.1 Å². The van der Waals surface area contributed by atoms with Gasteiger partial charge >= 0.3 is 0 Å². The monoisotopic (exact) mass is 341 g/mol. The Morgan fingerprint density at radius 3 is 2.90 bits per heavy atom. The number of hydrogen-bond acceptors (Lipinski definition) is 5. The maximum Gasteiger partial charge on any atom is 0.236 e. The molecular formula is C13H13BrFN3O2. The van der Waals surface area contributed by atoms with Gasteiger partial charge in [-0.15, -0.1) is 0 Å². The summed E-state index contributed by atoms with van der Waals surface area (Å²) in [6.45, 7) is 2.81. The van der Waals surface area contributed by atoms with Crippen LogP contribution in [0.3, 0.4) is 0 Å². The van der Waals surface area contributed by atoms with E-state index in [-0.39, 0.29) is 11.9 Å². The van der Waals surface area contributed by atoms with Crippen molar-refractivity contribution in [3.8, 4) is 11.4 Å². The van der Waals surface area contributed by atoms with Gasteiger partial charge < -0.3 is 15.0 Å². The molecule has 0 saturated carbocycles. The summed E-state index contributed by atoms with van der Waals surface area (Å²) in [7, 11) is 0. The van der Waals surface area contributed by atoms with Crippen molar-refractivity contribution < 1.29 is 13.7 Å². The van der Waals surface area contributed by atoms with Crippen molar-refractivity contribution in [1.82, 2.24) is 10.1 Å². The highest BCUT2D eigenvalue weighted by Crippen LogP contribution is 2.32. The van der Waals surface area contributed by atoms with Gasteiger partial charge in [0.1, 0.15) is 5.82 Å². The average molecular weight is 342 g/mol. The van der Waals surface area contributed by atoms with Crippen LogP contribution in [0.25, 0.3) is 11.4 Å². The van der Waals surface area contributed by atoms with Crippen LogP contribution >= 0.6 is 15.9 Å². The highest BCUT2D eigenvalue weighted by atomic mass is 79.9. The summed E-state index contributed by atoms with van der Waals surface area (Å²) in [5.74, 6) is 0.381. The third kappa shape index (κ3) is 2.25. The van der Waals surface area contributed by atoms with E-state index in [0.717, 1.165) is 0 Å². The van der Waals surface area contributed by atoms with Crippen LogP contribution in [-0.2, 0) is 10.2 Å². The van der Waals surface area contributed by atoms with Crippen molar-refractivity contribution >= 4 is 15.9 Å². The number of halogens is 2. The molecule has 2 aromatic rings. The molecule has 7 heteroatoms. The molecule has 2 heterocycles. The molecule has 2 atom stereocenters. The molecule has 0 amide bonds. The molecule has 3 rings (SSSR count). The van der Waals surface area contributed by atoms with E-state index >= 15 is 0 Å². The number of rotatable bonds is 2. The zero-order valence-electron chi connectivity index (χ0n) is 10.8. The average Bonchev–Trinajstić information content (AvgIpc) is 2.97. The molecule has 0 spiro atoms. The Morgan fingerprint density at radius 1 is 1.45 bits per heavy atom. The van der Waals surface area contributed by atoms with E-state index < -0.39 is 5.41 Å². The summed E-state index contributed by atoms with van der Waals surface area (Å²) in [5, 5.41) is 3.91. The third-order valence-electron chi connectivity index (χ3n) is 3.55. The predicted octanol–water partition coefficient (Wildman–Crippen LogP) is 2.25. The first-order valence-electron chi connectivity index (χ1n) is 6.13. The number of nitrogens with zero attached hydrogens (tertiary/aromatic N) is 2. The second kappa shape index (κ2) is 4.91. The Bertz CT molecular complexity index is 628. The van der Waals surface area contributed by atoms with Gasteiger partial charge in [-0.25, -0.2) is 4.39 Å². The summed E-state index contributed by atoms with van der Waals surface area (Å²) in [4.78, 5) is 4.34. The second-order valence-electron chi connectivity index (χ2n) is 5.12. The smallest absolute Gasteiger partial charge is 0.236 e. The van der Waals surface area contributed by atoms with Crippen LogP contribution in [0.5, 0.6) is 0 Å². The molecule has 2 N–H and O–H groups in total. The first-order valence-corrected chi connectivity index (χ1v) is 6.92. The van der Waals surface area contributed by atoms with Crippen LogP contribution < -0.4 is 5.73 Å². The first-order chi connectivity index (χ1) is 9.49. The summed E-state index contributed by atoms with van der Waals surface area (Å²) in [6, 6.07) is 4.25. The molecular weight excluding hydrogens is 329 g/mol. The number of ether oxygens (including phenoxy) is 1. The summed E-state index contributed by atoms with van der Waals surface area (Å²) in [6.07, 6.45) is 0. The zero-order chi connectivity index (χ0) is 14.3. The van der Waals surface area contributed by atoms with E-state index in [0.29, 0.717) is 35.0 Å². The lowest BCUT2D eigenvalue weighted by atomic mass is 9.86. The molecule has 1 saturated heterocycles. The quantitative estimate of drug-likeness (QED) is 0.906. The van der Waals surface area contributed by atoms with E-state index in [1.165, 1.54) is 12.1 Å². The van der Waals surface area contributed by atoms with Gasteiger partial charge in [0.2, 0.25) is 11.7 Å². The van der Waals surface area contributed by atoms with E-state index in [9.17, 15) is 4.39 Å². The minimum atomic E-state index is -0.504. The van der Waals surface area contributed by atoms with Crippen molar-refractivity contribution in [3.63, 3.8) is 0 Å². The fourth-order valence-corrected chi connectivity index (χ4v) is 2.63. The van der Waals surface area contributed by atoms with Crippen molar-refractivity contribution in [3.05, 3.63) is 34.4 Å². The van der Waals surface area contributed by atoms with Crippen LogP contribution in [0.2, 0.25) is 0 Å². The van der Waals surface area contributed by atoms with E-state index in [1.807, 2.05) is 6.92 Å². The van der Waals surface area contributed by atoms with Crippen molar-refractivity contribution in [1.29, 1.82) is 0 Å². The largest absolute Gasteiger partial charge is 0.379 e. The highest BCUT2D eigenvalue weighted by Gasteiger charge is 2.44. The maximum atomic E-state index is 13.4. The minimum Gasteiger partial charge on any atom is -0.379 e. The molecule has 1 fully saturated rings. The SMILES string of the molecule is CC1(c2nc(-c3cc(F)cc(Br)c3)no2)COCC1N. The van der Waals surface area contributed by atoms with Crippen LogP contribution in [0.15, 0.2) is 27.2 Å². The Kier molecular flexibility index (Phi) is 3.35. The van der Waals surface area contributed by atoms with Crippen LogP contribution in [0.4, 0.5) is 4.39 Å². The molecule has 0 bridgehead atoms. The van der Waals surface area contributed by atoms with E-state index in [1.54, 1.807) is 6.07 Å². The normalized spacial score (nSPS) is 26.1. The van der Waals surface area contributed by atoms with Gasteiger partial charge in [0.05, 0.1) is 18.6 Å². The molecule has 20 heavy (non-hydrogen) atoms. The molecule has 1 aromatic heterocycles. The van der Waals surface area contributed by atoms with Gasteiger partial charge in [0, 0.05) is 16.1 Å². The summed E-state index contributed by atoms with van der Waals surface area (Å²) >= 11 is 3.24. The lowest BCUT2D eigenvalue weighted by Gasteiger charge is -2.21. The van der Waals surface area contributed by atoms with Crippen molar-refractivity contribution in [2.45, 2.75) is 18.4 Å². The van der Waals surface area contributed by atoms with Gasteiger partial charge in [-0.2, -0.15) is 4.98 Å². The minimum absolute atomic E-state index is 0.199. The maximum absolute atomic E-state index is 13.4. The zero-order valence-corrected chi connectivity index (χ0v) is 12.4. The standard InChI is InChI=1S/C13H13BrFN3O2/c1-13(6-19-5-10(13)16)12-17-11(18-20-12)7-2-8(14)4-9(15)3-7/h2-4,10H,5-6,16H2,1H3. The fraction of sp³-hybridized carbons (Fsp3) is 0.385. The molecule has 106 valence electrons. The van der Waals surface area contributed by atoms with Gasteiger partial charge in [-0.05, 0) is 25.1 Å². The molecule has 5 nitrogen and oxygen atoms in total. The number of hydrogen-bond donors (Lipinski definition) is 1. The van der Waals surface area contributed by atoms with Crippen LogP contribution in [0, 0.1) is 5.82 Å². The van der Waals surface area contributed by atoms with E-state index in [4.69, 9.17) is 15.0 Å². The Hall–Kier alpha value is -1.31. The third-order valence-corrected chi connectivity index (χ3v) is 4.01. The number of nitrogens with two attached hydrogens (primary N) is 1. The summed E-state index contributed by atoms with van der Waals surface area (Å²) < 4.78 is 24.7. The fourth-order valence-electron chi connectivity index (χ4n) is 2.16. The summed E-state index contributed by atoms with van der Waals surface area (Å²) in [5.41, 5.74) is 6.06. The first kappa shape index (κ1) is 13.7. The van der Waals surface area contributed by atoms with Crippen LogP contribution in [0.1, 0.15) is 12.8 Å². The van der Waals surface area contributed by atoms with Gasteiger partial charge in [0.15, 0.2) is 0 Å². The van der Waals surface area contributed by atoms with Crippen molar-refractivity contribution in [2.75, 3.05) is 13.2 Å². The molecule has 0 radical (unpaired) electrons. The Balaban J connectivity index is 1.98. The molecule has 2 unspecified atom stereocenters. The highest BCUT2D eigenvalue weighted by molar-refractivity contribution is 9.10. The van der Waals surface area contributed by atoms with Crippen LogP contribution in [-0.4, -0.2) is 29.4 Å². The molecule has 1 aliphatic heterocycles.